The van der Waals surface area contributed by atoms with E-state index < -0.39 is 10.8 Å². The molecule has 1 aliphatic heterocycles. The number of carbonyl (C=O) groups excluding carboxylic acids is 2. The van der Waals surface area contributed by atoms with Crippen LogP contribution in [-0.2, 0) is 27.3 Å². The number of rotatable bonds is 10. The first-order valence-corrected chi connectivity index (χ1v) is 13.8. The van der Waals surface area contributed by atoms with E-state index in [1.807, 2.05) is 29.2 Å². The molecule has 0 bridgehead atoms. The second-order valence-electron chi connectivity index (χ2n) is 9.02. The van der Waals surface area contributed by atoms with Gasteiger partial charge in [0, 0.05) is 35.1 Å². The highest BCUT2D eigenvalue weighted by molar-refractivity contribution is 8.01. The molecule has 8 heteroatoms. The third-order valence-corrected chi connectivity index (χ3v) is 8.48. The second-order valence-corrected chi connectivity index (χ2v) is 11.3. The second kappa shape index (κ2) is 12.4. The van der Waals surface area contributed by atoms with Gasteiger partial charge in [-0.3, -0.25) is 9.59 Å². The number of nitrogens with one attached hydrogen (secondary N) is 1. The molecule has 0 spiro atoms. The van der Waals surface area contributed by atoms with Crippen molar-refractivity contribution in [2.45, 2.75) is 42.0 Å². The summed E-state index contributed by atoms with van der Waals surface area (Å²) in [5, 5.41) is 4.21. The van der Waals surface area contributed by atoms with Crippen molar-refractivity contribution in [2.24, 2.45) is 0 Å². The lowest BCUT2D eigenvalue weighted by Gasteiger charge is -2.36. The minimum Gasteiger partial charge on any atom is -0.383 e. The highest BCUT2D eigenvalue weighted by Gasteiger charge is 2.58. The Bertz CT molecular complexity index is 1220. The summed E-state index contributed by atoms with van der Waals surface area (Å²) >= 11 is 13.7. The van der Waals surface area contributed by atoms with Gasteiger partial charge in [-0.2, -0.15) is 0 Å². The summed E-state index contributed by atoms with van der Waals surface area (Å²) in [5.74, 6) is -0.287. The highest BCUT2D eigenvalue weighted by atomic mass is 35.5. The van der Waals surface area contributed by atoms with Crippen LogP contribution in [0.25, 0.3) is 0 Å². The van der Waals surface area contributed by atoms with Crippen molar-refractivity contribution in [3.63, 3.8) is 0 Å². The molecule has 1 aliphatic rings. The van der Waals surface area contributed by atoms with Crippen LogP contribution in [-0.4, -0.2) is 41.7 Å². The van der Waals surface area contributed by atoms with Crippen LogP contribution in [0.2, 0.25) is 10.0 Å². The van der Waals surface area contributed by atoms with Crippen molar-refractivity contribution in [1.29, 1.82) is 0 Å². The first-order chi connectivity index (χ1) is 17.9. The van der Waals surface area contributed by atoms with Crippen molar-refractivity contribution in [1.82, 2.24) is 10.2 Å². The number of hydrogen-bond acceptors (Lipinski definition) is 4. The molecular weight excluding hydrogens is 527 g/mol. The molecule has 4 rings (SSSR count). The van der Waals surface area contributed by atoms with Crippen LogP contribution in [0.15, 0.2) is 77.7 Å². The summed E-state index contributed by atoms with van der Waals surface area (Å²) in [4.78, 5) is 30.4. The van der Waals surface area contributed by atoms with Gasteiger partial charge in [-0.05, 0) is 59.5 Å². The highest BCUT2D eigenvalue weighted by Crippen LogP contribution is 2.53. The van der Waals surface area contributed by atoms with Gasteiger partial charge in [0.15, 0.2) is 0 Å². The van der Waals surface area contributed by atoms with E-state index in [0.29, 0.717) is 29.7 Å². The van der Waals surface area contributed by atoms with Gasteiger partial charge in [-0.15, -0.1) is 11.8 Å². The van der Waals surface area contributed by atoms with Gasteiger partial charge in [-0.1, -0.05) is 66.5 Å². The van der Waals surface area contributed by atoms with Gasteiger partial charge in [-0.25, -0.2) is 0 Å². The molecule has 5 nitrogen and oxygen atoms in total. The minimum atomic E-state index is -1.12. The van der Waals surface area contributed by atoms with Gasteiger partial charge in [0.2, 0.25) is 11.8 Å². The third-order valence-electron chi connectivity index (χ3n) is 6.55. The van der Waals surface area contributed by atoms with Gasteiger partial charge in [0.05, 0.1) is 19.1 Å². The van der Waals surface area contributed by atoms with Crippen LogP contribution in [0.4, 0.5) is 0 Å². The lowest BCUT2D eigenvalue weighted by atomic mass is 9.91. The quantitative estimate of drug-likeness (QED) is 0.297. The first kappa shape index (κ1) is 27.5. The van der Waals surface area contributed by atoms with Crippen LogP contribution in [0.1, 0.15) is 36.1 Å². The van der Waals surface area contributed by atoms with Crippen molar-refractivity contribution >= 4 is 46.8 Å². The van der Waals surface area contributed by atoms with E-state index in [0.717, 1.165) is 22.4 Å². The summed E-state index contributed by atoms with van der Waals surface area (Å²) < 4.78 is 4.04. The van der Waals surface area contributed by atoms with E-state index in [2.05, 4.69) is 36.5 Å². The number of hydrogen-bond donors (Lipinski definition) is 1. The number of nitrogens with zero attached hydrogens (tertiary/aromatic N) is 1. The number of benzene rings is 3. The molecule has 0 aromatic heterocycles. The van der Waals surface area contributed by atoms with Crippen molar-refractivity contribution in [2.75, 3.05) is 20.3 Å². The smallest absolute Gasteiger partial charge is 0.239 e. The van der Waals surface area contributed by atoms with E-state index in [9.17, 15) is 9.59 Å². The number of halogens is 2. The van der Waals surface area contributed by atoms with Gasteiger partial charge in [0.25, 0.3) is 0 Å². The van der Waals surface area contributed by atoms with Crippen molar-refractivity contribution in [3.8, 4) is 0 Å². The molecule has 3 aromatic carbocycles. The molecule has 2 amide bonds. The zero-order valence-corrected chi connectivity index (χ0v) is 23.2. The Labute approximate surface area is 232 Å². The summed E-state index contributed by atoms with van der Waals surface area (Å²) in [5.41, 5.74) is 3.09. The van der Waals surface area contributed by atoms with Gasteiger partial charge < -0.3 is 15.0 Å². The normalized spacial score (nSPS) is 19.3. The van der Waals surface area contributed by atoms with Crippen LogP contribution >= 0.6 is 35.0 Å². The number of amides is 2. The first-order valence-electron chi connectivity index (χ1n) is 12.2. The molecule has 3 aromatic rings. The molecule has 2 atom stereocenters. The maximum absolute atomic E-state index is 14.0. The largest absolute Gasteiger partial charge is 0.383 e. The van der Waals surface area contributed by atoms with E-state index in [1.165, 1.54) is 17.3 Å². The van der Waals surface area contributed by atoms with E-state index >= 15 is 0 Å². The molecule has 194 valence electrons. The average molecular weight is 558 g/mol. The van der Waals surface area contributed by atoms with Gasteiger partial charge >= 0.3 is 0 Å². The fourth-order valence-electron chi connectivity index (χ4n) is 4.64. The predicted octanol–water partition coefficient (Wildman–Crippen LogP) is 6.32. The number of methoxy groups -OCH3 is 1. The molecule has 1 fully saturated rings. The lowest BCUT2D eigenvalue weighted by Crippen LogP contribution is -2.49. The molecule has 37 heavy (non-hydrogen) atoms. The van der Waals surface area contributed by atoms with Crippen LogP contribution in [0.5, 0.6) is 0 Å². The van der Waals surface area contributed by atoms with Crippen molar-refractivity contribution in [3.05, 3.63) is 99.5 Å². The molecule has 0 aliphatic carbocycles. The lowest BCUT2D eigenvalue weighted by molar-refractivity contribution is -0.129. The summed E-state index contributed by atoms with van der Waals surface area (Å²) in [6, 6.07) is 22.5. The Balaban J connectivity index is 1.79. The van der Waals surface area contributed by atoms with E-state index in [4.69, 9.17) is 27.9 Å². The van der Waals surface area contributed by atoms with Crippen LogP contribution in [0.3, 0.4) is 0 Å². The Kier molecular flexibility index (Phi) is 9.19. The number of carbonyl (C=O) groups is 2. The van der Waals surface area contributed by atoms with Crippen LogP contribution in [0, 0.1) is 0 Å². The van der Waals surface area contributed by atoms with Crippen LogP contribution < -0.4 is 5.32 Å². The maximum atomic E-state index is 14.0. The average Bonchev–Trinajstić information content (AvgIpc) is 3.18. The summed E-state index contributed by atoms with van der Waals surface area (Å²) in [6.07, 6.45) is 0.998. The Morgan fingerprint density at radius 1 is 1.00 bits per heavy atom. The third kappa shape index (κ3) is 6.32. The topological polar surface area (TPSA) is 58.6 Å². The fourth-order valence-corrected chi connectivity index (χ4v) is 6.32. The Hall–Kier alpha value is -2.51. The minimum absolute atomic E-state index is 0.0550. The molecule has 0 saturated carbocycles. The summed E-state index contributed by atoms with van der Waals surface area (Å²) in [6.45, 7) is 3.23. The molecule has 2 unspecified atom stereocenters. The number of aryl methyl sites for hydroxylation is 1. The summed E-state index contributed by atoms with van der Waals surface area (Å²) in [7, 11) is 1.59. The molecule has 1 saturated heterocycles. The van der Waals surface area contributed by atoms with E-state index in [1.54, 1.807) is 31.4 Å². The predicted molar refractivity (Wildman–Crippen MR) is 150 cm³/mol. The fraction of sp³-hybridized carbons (Fsp3) is 0.310. The van der Waals surface area contributed by atoms with E-state index in [-0.39, 0.29) is 18.2 Å². The van der Waals surface area contributed by atoms with Crippen molar-refractivity contribution < 1.29 is 14.3 Å². The zero-order chi connectivity index (χ0) is 26.4. The molecule has 0 radical (unpaired) electrons. The Morgan fingerprint density at radius 3 is 2.19 bits per heavy atom. The molecular formula is C29H30Cl2N2O3S. The number of thioether (sulfide) groups is 1. The molecule has 1 heterocycles. The number of likely N-dealkylation sites (tertiary alicyclic amines) is 1. The standard InChI is InChI=1S/C29H30Cl2N2O3S/c1-3-20-4-6-21(7-5-20)19-33-26(34)18-29(28(35)32-16-17-36-2,37-25-14-12-24(31)13-15-25)27(33)22-8-10-23(30)11-9-22/h4-15,27H,3,16-19H2,1-2H3,(H,32,35). The Morgan fingerprint density at radius 2 is 1.59 bits per heavy atom. The van der Waals surface area contributed by atoms with Gasteiger partial charge in [0.1, 0.15) is 4.75 Å². The molecule has 1 N–H and O–H groups in total. The monoisotopic (exact) mass is 556 g/mol. The maximum Gasteiger partial charge on any atom is 0.239 e. The SMILES string of the molecule is CCc1ccc(CN2C(=O)CC(Sc3ccc(Cl)cc3)(C(=O)NCCOC)C2c2ccc(Cl)cc2)cc1. The number of ether oxygens (including phenoxy) is 1. The zero-order valence-electron chi connectivity index (χ0n) is 20.9.